The highest BCUT2D eigenvalue weighted by Crippen LogP contribution is 2.40. The van der Waals surface area contributed by atoms with Crippen molar-refractivity contribution in [3.8, 4) is 89.8 Å². The average Bonchev–Trinajstić information content (AvgIpc) is 3.73. The zero-order valence-electron chi connectivity index (χ0n) is 33.1. The van der Waals surface area contributed by atoms with E-state index in [2.05, 4.69) is 194 Å². The lowest BCUT2D eigenvalue weighted by Crippen LogP contribution is -2.01. The second-order valence-electron chi connectivity index (χ2n) is 15.2. The Morgan fingerprint density at radius 1 is 0.246 bits per heavy atom. The van der Waals surface area contributed by atoms with Crippen molar-refractivity contribution in [1.29, 1.82) is 0 Å². The second-order valence-corrected chi connectivity index (χ2v) is 15.2. The quantitative estimate of drug-likeness (QED) is 0.154. The standard InChI is InChI=1S/C57H37N3O/c1-5-15-38(16-6-1)42-27-29-43(30-28-42)50-25-14-26-52-54(50)51-32-31-46(37-53(51)61-52)56-58-55(45-24-13-23-44(33-45)39-17-7-2-8-18-39)59-57(60-56)49-35-47(40-19-9-3-10-20-40)34-48(36-49)41-21-11-4-12-22-41/h1-37H. The van der Waals surface area contributed by atoms with Crippen LogP contribution in [0.5, 0.6) is 0 Å². The van der Waals surface area contributed by atoms with Crippen LogP contribution in [0.3, 0.4) is 0 Å². The maximum atomic E-state index is 6.62. The summed E-state index contributed by atoms with van der Waals surface area (Å²) in [6.45, 7) is 0. The van der Waals surface area contributed by atoms with Gasteiger partial charge in [-0.25, -0.2) is 15.0 Å². The summed E-state index contributed by atoms with van der Waals surface area (Å²) in [7, 11) is 0. The molecule has 4 heteroatoms. The van der Waals surface area contributed by atoms with E-state index in [0.717, 1.165) is 83.1 Å². The van der Waals surface area contributed by atoms with E-state index in [0.29, 0.717) is 17.5 Å². The maximum absolute atomic E-state index is 6.62. The van der Waals surface area contributed by atoms with Crippen LogP contribution in [0.1, 0.15) is 0 Å². The first-order valence-corrected chi connectivity index (χ1v) is 20.5. The van der Waals surface area contributed by atoms with Crippen LogP contribution in [0.4, 0.5) is 0 Å². The van der Waals surface area contributed by atoms with Crippen molar-refractivity contribution >= 4 is 21.9 Å². The summed E-state index contributed by atoms with van der Waals surface area (Å²) in [5, 5.41) is 2.12. The van der Waals surface area contributed by atoms with Gasteiger partial charge in [-0.3, -0.25) is 0 Å². The molecule has 0 amide bonds. The van der Waals surface area contributed by atoms with Gasteiger partial charge in [-0.05, 0) is 98.1 Å². The van der Waals surface area contributed by atoms with E-state index in [-0.39, 0.29) is 0 Å². The molecule has 0 saturated heterocycles. The van der Waals surface area contributed by atoms with E-state index < -0.39 is 0 Å². The van der Waals surface area contributed by atoms with Gasteiger partial charge in [0.15, 0.2) is 17.5 Å². The summed E-state index contributed by atoms with van der Waals surface area (Å²) in [4.78, 5) is 15.7. The van der Waals surface area contributed by atoms with Gasteiger partial charge in [0, 0.05) is 27.5 Å². The lowest BCUT2D eigenvalue weighted by molar-refractivity contribution is 0.669. The Morgan fingerprint density at radius 2 is 0.639 bits per heavy atom. The van der Waals surface area contributed by atoms with Crippen LogP contribution in [0, 0.1) is 0 Å². The first-order valence-electron chi connectivity index (χ1n) is 20.5. The Kier molecular flexibility index (Phi) is 9.14. The number of benzene rings is 9. The molecular formula is C57H37N3O. The third-order valence-electron chi connectivity index (χ3n) is 11.3. The van der Waals surface area contributed by atoms with E-state index >= 15 is 0 Å². The minimum Gasteiger partial charge on any atom is -0.456 e. The SMILES string of the molecule is c1ccc(-c2ccc(-c3cccc4oc5cc(-c6nc(-c7cccc(-c8ccccc8)c7)nc(-c7cc(-c8ccccc8)cc(-c8ccccc8)c7)n6)ccc5c34)cc2)cc1. The topological polar surface area (TPSA) is 51.8 Å². The zero-order chi connectivity index (χ0) is 40.5. The molecule has 11 rings (SSSR count). The van der Waals surface area contributed by atoms with Gasteiger partial charge in [0.2, 0.25) is 0 Å². The summed E-state index contributed by atoms with van der Waals surface area (Å²) in [6.07, 6.45) is 0. The number of nitrogens with zero attached hydrogens (tertiary/aromatic N) is 3. The molecule has 4 nitrogen and oxygen atoms in total. The van der Waals surface area contributed by atoms with E-state index in [1.54, 1.807) is 0 Å². The number of furan rings is 1. The summed E-state index contributed by atoms with van der Waals surface area (Å²) in [5.41, 5.74) is 15.5. The highest BCUT2D eigenvalue weighted by atomic mass is 16.3. The molecule has 0 saturated carbocycles. The molecular weight excluding hydrogens is 743 g/mol. The van der Waals surface area contributed by atoms with E-state index in [1.165, 1.54) is 11.1 Å². The molecule has 286 valence electrons. The highest BCUT2D eigenvalue weighted by molar-refractivity contribution is 6.13. The molecule has 0 bridgehead atoms. The Bertz CT molecular complexity index is 3270. The number of hydrogen-bond acceptors (Lipinski definition) is 4. The van der Waals surface area contributed by atoms with Crippen LogP contribution in [-0.4, -0.2) is 15.0 Å². The summed E-state index contributed by atoms with van der Waals surface area (Å²) in [6, 6.07) is 78.2. The predicted octanol–water partition coefficient (Wildman–Crippen LogP) is 15.1. The molecule has 0 spiro atoms. The summed E-state index contributed by atoms with van der Waals surface area (Å²) < 4.78 is 6.62. The van der Waals surface area contributed by atoms with Crippen molar-refractivity contribution in [3.05, 3.63) is 224 Å². The van der Waals surface area contributed by atoms with Crippen molar-refractivity contribution in [2.75, 3.05) is 0 Å². The van der Waals surface area contributed by atoms with Gasteiger partial charge >= 0.3 is 0 Å². The molecule has 0 radical (unpaired) electrons. The highest BCUT2D eigenvalue weighted by Gasteiger charge is 2.18. The molecule has 2 aromatic heterocycles. The average molecular weight is 780 g/mol. The van der Waals surface area contributed by atoms with Crippen LogP contribution >= 0.6 is 0 Å². The Morgan fingerprint density at radius 3 is 1.23 bits per heavy atom. The second kappa shape index (κ2) is 15.5. The van der Waals surface area contributed by atoms with Crippen molar-refractivity contribution < 1.29 is 4.42 Å². The molecule has 0 N–H and O–H groups in total. The van der Waals surface area contributed by atoms with Gasteiger partial charge in [0.25, 0.3) is 0 Å². The molecule has 0 aliphatic carbocycles. The number of aromatic nitrogens is 3. The third-order valence-corrected chi connectivity index (χ3v) is 11.3. The fourth-order valence-electron chi connectivity index (χ4n) is 8.26. The molecule has 61 heavy (non-hydrogen) atoms. The monoisotopic (exact) mass is 779 g/mol. The van der Waals surface area contributed by atoms with Crippen molar-refractivity contribution in [1.82, 2.24) is 15.0 Å². The molecule has 0 atom stereocenters. The van der Waals surface area contributed by atoms with Crippen LogP contribution in [0.15, 0.2) is 229 Å². The van der Waals surface area contributed by atoms with Crippen LogP contribution in [-0.2, 0) is 0 Å². The molecule has 0 unspecified atom stereocenters. The molecule has 2 heterocycles. The lowest BCUT2D eigenvalue weighted by atomic mass is 9.95. The number of fused-ring (bicyclic) bond motifs is 3. The number of hydrogen-bond donors (Lipinski definition) is 0. The van der Waals surface area contributed by atoms with Gasteiger partial charge in [-0.15, -0.1) is 0 Å². The zero-order valence-corrected chi connectivity index (χ0v) is 33.1. The fourth-order valence-corrected chi connectivity index (χ4v) is 8.26. The van der Waals surface area contributed by atoms with E-state index in [4.69, 9.17) is 19.4 Å². The lowest BCUT2D eigenvalue weighted by Gasteiger charge is -2.13. The molecule has 9 aromatic carbocycles. The Hall–Kier alpha value is -8.21. The van der Waals surface area contributed by atoms with Crippen LogP contribution in [0.25, 0.3) is 112 Å². The molecule has 11 aromatic rings. The summed E-state index contributed by atoms with van der Waals surface area (Å²) >= 11 is 0. The minimum atomic E-state index is 0.565. The minimum absolute atomic E-state index is 0.565. The van der Waals surface area contributed by atoms with Crippen LogP contribution in [0.2, 0.25) is 0 Å². The molecule has 0 aliphatic heterocycles. The van der Waals surface area contributed by atoms with Gasteiger partial charge < -0.3 is 4.42 Å². The largest absolute Gasteiger partial charge is 0.456 e. The first kappa shape index (κ1) is 35.9. The number of rotatable bonds is 8. The van der Waals surface area contributed by atoms with Crippen molar-refractivity contribution in [3.63, 3.8) is 0 Å². The summed E-state index contributed by atoms with van der Waals surface area (Å²) in [5.74, 6) is 1.75. The predicted molar refractivity (Wildman–Crippen MR) is 251 cm³/mol. The van der Waals surface area contributed by atoms with Crippen LogP contribution < -0.4 is 0 Å². The van der Waals surface area contributed by atoms with Crippen molar-refractivity contribution in [2.24, 2.45) is 0 Å². The third kappa shape index (κ3) is 7.07. The Balaban J connectivity index is 1.06. The Labute approximate surface area is 354 Å². The van der Waals surface area contributed by atoms with Gasteiger partial charge in [0.05, 0.1) is 0 Å². The van der Waals surface area contributed by atoms with E-state index in [9.17, 15) is 0 Å². The molecule has 0 aliphatic rings. The smallest absolute Gasteiger partial charge is 0.164 e. The van der Waals surface area contributed by atoms with E-state index in [1.807, 2.05) is 30.3 Å². The molecule has 0 fully saturated rings. The van der Waals surface area contributed by atoms with Gasteiger partial charge in [0.1, 0.15) is 11.2 Å². The maximum Gasteiger partial charge on any atom is 0.164 e. The van der Waals surface area contributed by atoms with Gasteiger partial charge in [-0.2, -0.15) is 0 Å². The first-order chi connectivity index (χ1) is 30.2. The van der Waals surface area contributed by atoms with Crippen molar-refractivity contribution in [2.45, 2.75) is 0 Å². The normalized spacial score (nSPS) is 11.3. The fraction of sp³-hybridized carbons (Fsp3) is 0. The van der Waals surface area contributed by atoms with Gasteiger partial charge in [-0.1, -0.05) is 182 Å².